The number of nitrogens with two attached hydrogens (primary N) is 1. The molecule has 5 heterocycles. The minimum atomic E-state index is -0.397. The van der Waals surface area contributed by atoms with Crippen LogP contribution in [0, 0.1) is 0 Å². The van der Waals surface area contributed by atoms with Gasteiger partial charge < -0.3 is 24.3 Å². The molecular weight excluding hydrogens is 824 g/mol. The number of hydrazine groups is 1. The average molecular weight is 870 g/mol. The maximum Gasteiger partial charge on any atom is 0.414 e. The lowest BCUT2D eigenvalue weighted by Crippen LogP contribution is -2.37. The average Bonchev–Trinajstić information content (AvgIpc) is 4.03. The summed E-state index contributed by atoms with van der Waals surface area (Å²) in [4.78, 5) is 57.6. The second-order valence-corrected chi connectivity index (χ2v) is 17.7. The number of benzene rings is 2. The Kier molecular flexibility index (Phi) is 14.7. The van der Waals surface area contributed by atoms with Crippen molar-refractivity contribution in [1.29, 1.82) is 0 Å². The molecule has 2 saturated heterocycles. The van der Waals surface area contributed by atoms with E-state index in [1.807, 2.05) is 79.6 Å². The molecule has 3 aliphatic rings. The molecule has 0 bridgehead atoms. The van der Waals surface area contributed by atoms with Crippen LogP contribution in [0.2, 0.25) is 8.67 Å². The van der Waals surface area contributed by atoms with Crippen molar-refractivity contribution in [2.45, 2.75) is 37.9 Å². The highest BCUT2D eigenvalue weighted by atomic mass is 35.5. The summed E-state index contributed by atoms with van der Waals surface area (Å²) in [5, 5.41) is 8.00. The Labute approximate surface area is 355 Å². The maximum absolute atomic E-state index is 12.3. The van der Waals surface area contributed by atoms with E-state index < -0.39 is 6.09 Å². The second-order valence-electron chi connectivity index (χ2n) is 14.2. The number of hydrogen-bond donors (Lipinski definition) is 1. The molecule has 2 aromatic heterocycles. The minimum absolute atomic E-state index is 0.0153. The van der Waals surface area contributed by atoms with Gasteiger partial charge in [-0.15, -0.1) is 22.7 Å². The van der Waals surface area contributed by atoms with E-state index in [1.54, 1.807) is 45.4 Å². The molecule has 0 spiro atoms. The number of cyclic esters (lactones) is 2. The summed E-state index contributed by atoms with van der Waals surface area (Å²) in [7, 11) is 5.98. The lowest BCUT2D eigenvalue weighted by molar-refractivity contribution is 0.0939. The van der Waals surface area contributed by atoms with Gasteiger partial charge in [0.05, 0.1) is 49.4 Å². The monoisotopic (exact) mass is 868 g/mol. The van der Waals surface area contributed by atoms with E-state index in [-0.39, 0.29) is 29.9 Å². The predicted octanol–water partition coefficient (Wildman–Crippen LogP) is 7.72. The SMILES string of the molecule is CN(C)CCN(N)c1ccc(N2C[C@H](CCC(=O)c3ccc(Cl)s3)OC2=O)cc1.CN1C=NN(c2ccc(N3C[C@H](CCC(=O)c4ccc(Cl)s4)OC3=O)cc2)CC1. The van der Waals surface area contributed by atoms with E-state index in [0.717, 1.165) is 42.4 Å². The molecule has 2 fully saturated rings. The van der Waals surface area contributed by atoms with Crippen LogP contribution in [0.5, 0.6) is 0 Å². The molecular formula is C40H46Cl2N8O6S2. The number of hydrazone groups is 1. The third kappa shape index (κ3) is 11.5. The van der Waals surface area contributed by atoms with E-state index >= 15 is 0 Å². The molecule has 2 N–H and O–H groups in total. The number of carbonyl (C=O) groups is 4. The van der Waals surface area contributed by atoms with Gasteiger partial charge in [-0.3, -0.25) is 24.4 Å². The normalized spacial score (nSPS) is 17.7. The first-order valence-electron chi connectivity index (χ1n) is 18.8. The van der Waals surface area contributed by atoms with Crippen LogP contribution in [-0.2, 0) is 9.47 Å². The number of hydrogen-bond acceptors (Lipinski definition) is 14. The van der Waals surface area contributed by atoms with Gasteiger partial charge in [0, 0.05) is 50.9 Å². The molecule has 2 amide bonds. The van der Waals surface area contributed by atoms with Crippen LogP contribution in [0.15, 0.2) is 77.9 Å². The fraction of sp³-hybridized carbons (Fsp3) is 0.375. The third-order valence-corrected chi connectivity index (χ3v) is 12.2. The highest BCUT2D eigenvalue weighted by Gasteiger charge is 2.34. The van der Waals surface area contributed by atoms with Crippen LogP contribution in [0.1, 0.15) is 45.0 Å². The van der Waals surface area contributed by atoms with Gasteiger partial charge >= 0.3 is 12.2 Å². The van der Waals surface area contributed by atoms with E-state index in [0.29, 0.717) is 63.7 Å². The lowest BCUT2D eigenvalue weighted by Gasteiger charge is -2.27. The van der Waals surface area contributed by atoms with E-state index in [9.17, 15) is 19.2 Å². The van der Waals surface area contributed by atoms with E-state index in [1.165, 1.54) is 22.7 Å². The highest BCUT2D eigenvalue weighted by Crippen LogP contribution is 2.30. The highest BCUT2D eigenvalue weighted by molar-refractivity contribution is 7.18. The summed E-state index contributed by atoms with van der Waals surface area (Å²) in [6.45, 7) is 4.11. The Bertz CT molecular complexity index is 2080. The third-order valence-electron chi connectivity index (χ3n) is 9.62. The fourth-order valence-corrected chi connectivity index (χ4v) is 8.32. The van der Waals surface area contributed by atoms with Crippen molar-refractivity contribution in [2.75, 3.05) is 80.2 Å². The van der Waals surface area contributed by atoms with Crippen molar-refractivity contribution < 1.29 is 28.7 Å². The van der Waals surface area contributed by atoms with Crippen LogP contribution in [-0.4, -0.2) is 113 Å². The first-order chi connectivity index (χ1) is 27.8. The first-order valence-corrected chi connectivity index (χ1v) is 21.1. The largest absolute Gasteiger partial charge is 0.444 e. The van der Waals surface area contributed by atoms with Crippen molar-refractivity contribution in [3.8, 4) is 0 Å². The Balaban J connectivity index is 0.000000196. The molecule has 2 aromatic carbocycles. The Morgan fingerprint density at radius 1 is 0.741 bits per heavy atom. The van der Waals surface area contributed by atoms with Crippen LogP contribution >= 0.6 is 45.9 Å². The van der Waals surface area contributed by atoms with Gasteiger partial charge in [0.2, 0.25) is 0 Å². The summed E-state index contributed by atoms with van der Waals surface area (Å²) >= 11 is 14.3. The first kappa shape index (κ1) is 42.9. The summed E-state index contributed by atoms with van der Waals surface area (Å²) in [6.07, 6.45) is 2.01. The van der Waals surface area contributed by atoms with Gasteiger partial charge in [-0.25, -0.2) is 15.4 Å². The van der Waals surface area contributed by atoms with Gasteiger partial charge in [0.1, 0.15) is 18.5 Å². The Morgan fingerprint density at radius 2 is 1.22 bits per heavy atom. The van der Waals surface area contributed by atoms with Crippen LogP contribution in [0.3, 0.4) is 0 Å². The summed E-state index contributed by atoms with van der Waals surface area (Å²) < 4.78 is 12.1. The smallest absolute Gasteiger partial charge is 0.414 e. The van der Waals surface area contributed by atoms with Crippen molar-refractivity contribution in [3.63, 3.8) is 0 Å². The summed E-state index contributed by atoms with van der Waals surface area (Å²) in [5.41, 5.74) is 3.37. The number of likely N-dealkylation sites (N-methyl/N-ethyl adjacent to an activating group) is 2. The van der Waals surface area contributed by atoms with Crippen molar-refractivity contribution in [1.82, 2.24) is 9.80 Å². The van der Waals surface area contributed by atoms with Gasteiger partial charge in [-0.2, -0.15) is 5.10 Å². The van der Waals surface area contributed by atoms with Gasteiger partial charge in [0.25, 0.3) is 0 Å². The van der Waals surface area contributed by atoms with Gasteiger partial charge in [0.15, 0.2) is 11.6 Å². The second kappa shape index (κ2) is 19.8. The molecule has 58 heavy (non-hydrogen) atoms. The number of anilines is 4. The molecule has 0 radical (unpaired) electrons. The van der Waals surface area contributed by atoms with Crippen LogP contribution in [0.4, 0.5) is 32.3 Å². The number of Topliss-reactive ketones (excluding diaryl/α,β-unsaturated/α-hetero) is 2. The quantitative estimate of drug-likeness (QED) is 0.0713. The van der Waals surface area contributed by atoms with E-state index in [4.69, 9.17) is 38.5 Å². The van der Waals surface area contributed by atoms with Gasteiger partial charge in [-0.1, -0.05) is 23.2 Å². The predicted molar refractivity (Wildman–Crippen MR) is 232 cm³/mol. The Morgan fingerprint density at radius 3 is 1.66 bits per heavy atom. The summed E-state index contributed by atoms with van der Waals surface area (Å²) in [6, 6.07) is 22.0. The van der Waals surface area contributed by atoms with Crippen molar-refractivity contribution >= 4 is 98.7 Å². The number of nitrogens with zero attached hydrogens (tertiary/aromatic N) is 7. The van der Waals surface area contributed by atoms with Crippen LogP contribution in [0.25, 0.3) is 0 Å². The molecule has 14 nitrogen and oxygen atoms in total. The minimum Gasteiger partial charge on any atom is -0.444 e. The zero-order chi connectivity index (χ0) is 41.3. The number of halogens is 2. The van der Waals surface area contributed by atoms with Crippen LogP contribution < -0.4 is 25.7 Å². The molecule has 0 saturated carbocycles. The number of ether oxygens (including phenoxy) is 2. The molecule has 2 atom stereocenters. The molecule has 0 unspecified atom stereocenters. The molecule has 7 rings (SSSR count). The van der Waals surface area contributed by atoms with Crippen molar-refractivity contribution in [2.24, 2.45) is 10.9 Å². The molecule has 3 aliphatic heterocycles. The van der Waals surface area contributed by atoms with Gasteiger partial charge in [-0.05, 0) is 99.7 Å². The molecule has 0 aliphatic carbocycles. The maximum atomic E-state index is 12.3. The zero-order valence-corrected chi connectivity index (χ0v) is 35.6. The number of ketones is 2. The van der Waals surface area contributed by atoms with Crippen molar-refractivity contribution in [3.05, 3.63) is 91.2 Å². The summed E-state index contributed by atoms with van der Waals surface area (Å²) in [5.74, 6) is 6.11. The molecule has 4 aromatic rings. The lowest BCUT2D eigenvalue weighted by atomic mass is 10.1. The topological polar surface area (TPSA) is 145 Å². The fourth-order valence-electron chi connectivity index (χ4n) is 6.30. The number of thiophene rings is 2. The zero-order valence-electron chi connectivity index (χ0n) is 32.5. The number of rotatable bonds is 15. The Hall–Kier alpha value is -4.71. The number of amides is 2. The van der Waals surface area contributed by atoms with E-state index in [2.05, 4.69) is 10.0 Å². The molecule has 18 heteroatoms. The molecule has 308 valence electrons. The number of carbonyl (C=O) groups excluding carboxylic acids is 4. The standard InChI is InChI=1S/C20H21ClN4O3S.C20H25ClN4O3S/c1-23-10-11-25(22-13-23)15-4-2-14(3-5-15)24-12-16(28-20(24)27)6-7-17(26)18-8-9-19(21)29-18;1-23(2)11-12-25(22)15-5-3-14(4-6-15)24-13-16(28-20(24)27)7-8-17(26)18-9-10-19(21)29-18/h2-5,8-9,13,16H,6-7,10-12H2,1H3;3-6,9-10,16H,7-8,11-13,22H2,1-2H3/t2*16-/m00/s1.